The molecule has 20 heavy (non-hydrogen) atoms. The molecule has 0 bridgehead atoms. The Kier molecular flexibility index (Phi) is 6.44. The second-order valence-corrected chi connectivity index (χ2v) is 6.72. The zero-order valence-electron chi connectivity index (χ0n) is 12.3. The minimum Gasteiger partial charge on any atom is -0.383 e. The van der Waals surface area contributed by atoms with Gasteiger partial charge in [0.1, 0.15) is 4.90 Å². The third-order valence-electron chi connectivity index (χ3n) is 3.25. The molecule has 1 aromatic heterocycles. The average Bonchev–Trinajstić information content (AvgIpc) is 2.80. The van der Waals surface area contributed by atoms with Gasteiger partial charge >= 0.3 is 0 Å². The smallest absolute Gasteiger partial charge is 0.247 e. The van der Waals surface area contributed by atoms with Crippen LogP contribution in [0.15, 0.2) is 4.90 Å². The van der Waals surface area contributed by atoms with Gasteiger partial charge in [-0.2, -0.15) is 9.40 Å². The first-order valence-electron chi connectivity index (χ1n) is 6.50. The normalized spacial score (nSPS) is 13.9. The molecule has 6 nitrogen and oxygen atoms in total. The lowest BCUT2D eigenvalue weighted by molar-refractivity contribution is 0.167. The lowest BCUT2D eigenvalue weighted by atomic mass is 10.3. The minimum atomic E-state index is -3.64. The van der Waals surface area contributed by atoms with Crippen molar-refractivity contribution in [3.8, 4) is 0 Å². The summed E-state index contributed by atoms with van der Waals surface area (Å²) in [6.45, 7) is 6.16. The average molecular weight is 324 g/mol. The van der Waals surface area contributed by atoms with Crippen molar-refractivity contribution >= 4 is 21.6 Å². The zero-order chi connectivity index (χ0) is 15.3. The Hall–Kier alpha value is -0.630. The highest BCUT2D eigenvalue weighted by molar-refractivity contribution is 7.89. The van der Waals surface area contributed by atoms with Gasteiger partial charge in [-0.15, -0.1) is 11.6 Å². The van der Waals surface area contributed by atoms with E-state index in [4.69, 9.17) is 16.3 Å². The first kappa shape index (κ1) is 17.4. The maximum absolute atomic E-state index is 12.9. The van der Waals surface area contributed by atoms with Crippen molar-refractivity contribution in [1.29, 1.82) is 0 Å². The van der Waals surface area contributed by atoms with Crippen molar-refractivity contribution in [1.82, 2.24) is 14.5 Å². The van der Waals surface area contributed by atoms with Gasteiger partial charge in [-0.1, -0.05) is 6.92 Å². The molecule has 1 rings (SSSR count). The fourth-order valence-electron chi connectivity index (χ4n) is 1.98. The van der Waals surface area contributed by atoms with E-state index in [0.717, 1.165) is 6.42 Å². The van der Waals surface area contributed by atoms with Gasteiger partial charge in [0.25, 0.3) is 0 Å². The molecular formula is C12H22ClN3O3S. The monoisotopic (exact) mass is 323 g/mol. The molecule has 116 valence electrons. The lowest BCUT2D eigenvalue weighted by Gasteiger charge is -2.27. The predicted molar refractivity (Wildman–Crippen MR) is 78.4 cm³/mol. The van der Waals surface area contributed by atoms with E-state index >= 15 is 0 Å². The summed E-state index contributed by atoms with van der Waals surface area (Å²) in [7, 11) is -2.09. The molecule has 0 radical (unpaired) electrons. The maximum Gasteiger partial charge on any atom is 0.247 e. The van der Waals surface area contributed by atoms with Crippen LogP contribution in [0.2, 0.25) is 0 Å². The summed E-state index contributed by atoms with van der Waals surface area (Å²) in [5.74, 6) is 0.0531. The minimum absolute atomic E-state index is 0.0531. The first-order chi connectivity index (χ1) is 9.39. The number of ether oxygens (including phenoxy) is 1. The van der Waals surface area contributed by atoms with Crippen LogP contribution in [0.1, 0.15) is 31.7 Å². The maximum atomic E-state index is 12.9. The topological polar surface area (TPSA) is 75.3 Å². The van der Waals surface area contributed by atoms with Gasteiger partial charge in [0.05, 0.1) is 23.9 Å². The SMILES string of the molecule is CCC(C)N(CCOC)S(=O)(=O)c1c(CCl)n[nH]c1C. The van der Waals surface area contributed by atoms with Crippen LogP contribution in [0.5, 0.6) is 0 Å². The van der Waals surface area contributed by atoms with Gasteiger partial charge in [0.15, 0.2) is 0 Å². The molecule has 0 fully saturated rings. The number of nitrogens with one attached hydrogen (secondary N) is 1. The van der Waals surface area contributed by atoms with Crippen LogP contribution in [0.3, 0.4) is 0 Å². The van der Waals surface area contributed by atoms with Crippen molar-refractivity contribution in [3.63, 3.8) is 0 Å². The standard InChI is InChI=1S/C12H22ClN3O3S/c1-5-9(2)16(6-7-19-4)20(17,18)12-10(3)14-15-11(12)8-13/h9H,5-8H2,1-4H3,(H,14,15). The summed E-state index contributed by atoms with van der Waals surface area (Å²) in [6, 6.07) is -0.118. The highest BCUT2D eigenvalue weighted by Gasteiger charge is 2.32. The fraction of sp³-hybridized carbons (Fsp3) is 0.750. The molecule has 0 aliphatic carbocycles. The highest BCUT2D eigenvalue weighted by Crippen LogP contribution is 2.25. The van der Waals surface area contributed by atoms with Gasteiger partial charge < -0.3 is 4.74 Å². The number of rotatable bonds is 8. The van der Waals surface area contributed by atoms with Gasteiger partial charge in [-0.3, -0.25) is 5.10 Å². The number of aromatic nitrogens is 2. The number of hydrogen-bond donors (Lipinski definition) is 1. The number of methoxy groups -OCH3 is 1. The molecule has 1 aromatic rings. The van der Waals surface area contributed by atoms with Gasteiger partial charge in [-0.05, 0) is 20.3 Å². The highest BCUT2D eigenvalue weighted by atomic mass is 35.5. The lowest BCUT2D eigenvalue weighted by Crippen LogP contribution is -2.40. The molecule has 0 aromatic carbocycles. The molecule has 0 amide bonds. The summed E-state index contributed by atoms with van der Waals surface area (Å²) in [4.78, 5) is 0.184. The van der Waals surface area contributed by atoms with Crippen LogP contribution in [-0.4, -0.2) is 49.2 Å². The van der Waals surface area contributed by atoms with Crippen molar-refractivity contribution in [2.75, 3.05) is 20.3 Å². The Morgan fingerprint density at radius 3 is 2.65 bits per heavy atom. The van der Waals surface area contributed by atoms with Crippen molar-refractivity contribution in [2.45, 2.75) is 44.0 Å². The van der Waals surface area contributed by atoms with Crippen molar-refractivity contribution < 1.29 is 13.2 Å². The molecule has 1 N–H and O–H groups in total. The van der Waals surface area contributed by atoms with E-state index in [1.54, 1.807) is 14.0 Å². The Morgan fingerprint density at radius 2 is 2.15 bits per heavy atom. The van der Waals surface area contributed by atoms with E-state index < -0.39 is 10.0 Å². The number of halogens is 1. The van der Waals surface area contributed by atoms with Crippen LogP contribution < -0.4 is 0 Å². The van der Waals surface area contributed by atoms with Gasteiger partial charge in [-0.25, -0.2) is 8.42 Å². The molecule has 1 unspecified atom stereocenters. The van der Waals surface area contributed by atoms with E-state index in [9.17, 15) is 8.42 Å². The first-order valence-corrected chi connectivity index (χ1v) is 8.48. The molecule has 1 atom stereocenters. The number of H-pyrrole nitrogens is 1. The molecule has 0 aliphatic heterocycles. The van der Waals surface area contributed by atoms with E-state index in [1.807, 2.05) is 13.8 Å². The zero-order valence-corrected chi connectivity index (χ0v) is 13.9. The van der Waals surface area contributed by atoms with Crippen LogP contribution in [0.25, 0.3) is 0 Å². The van der Waals surface area contributed by atoms with Crippen LogP contribution in [0.4, 0.5) is 0 Å². The summed E-state index contributed by atoms with van der Waals surface area (Å²) < 4.78 is 32.2. The van der Waals surface area contributed by atoms with E-state index in [-0.39, 0.29) is 16.8 Å². The second kappa shape index (κ2) is 7.40. The summed E-state index contributed by atoms with van der Waals surface area (Å²) in [5, 5.41) is 6.64. The molecule has 0 aliphatic rings. The Morgan fingerprint density at radius 1 is 1.50 bits per heavy atom. The Bertz CT molecular complexity index is 530. The number of alkyl halides is 1. The second-order valence-electron chi connectivity index (χ2n) is 4.62. The van der Waals surface area contributed by atoms with Crippen LogP contribution in [-0.2, 0) is 20.6 Å². The molecule has 0 spiro atoms. The fourth-order valence-corrected chi connectivity index (χ4v) is 4.27. The number of nitrogens with zero attached hydrogens (tertiary/aromatic N) is 2. The number of aromatic amines is 1. The Labute approximate surface area is 125 Å². The van der Waals surface area contributed by atoms with E-state index in [0.29, 0.717) is 24.5 Å². The number of sulfonamides is 1. The predicted octanol–water partition coefficient (Wildman–Crippen LogP) is 1.89. The quantitative estimate of drug-likeness (QED) is 0.741. The molecule has 1 heterocycles. The van der Waals surface area contributed by atoms with Gasteiger partial charge in [0.2, 0.25) is 10.0 Å². The van der Waals surface area contributed by atoms with E-state index in [1.165, 1.54) is 4.31 Å². The van der Waals surface area contributed by atoms with Crippen LogP contribution in [0, 0.1) is 6.92 Å². The van der Waals surface area contributed by atoms with Gasteiger partial charge in [0, 0.05) is 19.7 Å². The summed E-state index contributed by atoms with van der Waals surface area (Å²) in [5.41, 5.74) is 0.862. The third kappa shape index (κ3) is 3.52. The molecule has 0 saturated carbocycles. The van der Waals surface area contributed by atoms with Crippen molar-refractivity contribution in [2.24, 2.45) is 0 Å². The summed E-state index contributed by atoms with van der Waals surface area (Å²) in [6.07, 6.45) is 0.718. The third-order valence-corrected chi connectivity index (χ3v) is 5.72. The molecular weight excluding hydrogens is 302 g/mol. The van der Waals surface area contributed by atoms with Crippen LogP contribution >= 0.6 is 11.6 Å². The number of hydrogen-bond acceptors (Lipinski definition) is 4. The molecule has 8 heteroatoms. The summed E-state index contributed by atoms with van der Waals surface area (Å²) >= 11 is 5.78. The largest absolute Gasteiger partial charge is 0.383 e. The number of aryl methyl sites for hydroxylation is 1. The van der Waals surface area contributed by atoms with Crippen molar-refractivity contribution in [3.05, 3.63) is 11.4 Å². The Balaban J connectivity index is 3.25. The van der Waals surface area contributed by atoms with E-state index in [2.05, 4.69) is 10.2 Å². The molecule has 0 saturated heterocycles.